The van der Waals surface area contributed by atoms with Gasteiger partial charge in [-0.1, -0.05) is 176 Å². The van der Waals surface area contributed by atoms with E-state index in [9.17, 15) is 0 Å². The first-order valence-corrected chi connectivity index (χ1v) is 20.2. The lowest BCUT2D eigenvalue weighted by Crippen LogP contribution is -2.28. The fourth-order valence-corrected chi connectivity index (χ4v) is 9.60. The van der Waals surface area contributed by atoms with Gasteiger partial charge < -0.3 is 9.47 Å². The second-order valence-electron chi connectivity index (χ2n) is 15.2. The lowest BCUT2D eigenvalue weighted by Gasteiger charge is -2.34. The van der Waals surface area contributed by atoms with Crippen LogP contribution in [0.5, 0.6) is 0 Å². The van der Waals surface area contributed by atoms with Gasteiger partial charge in [0.15, 0.2) is 0 Å². The number of allylic oxidation sites excluding steroid dienone is 5. The van der Waals surface area contributed by atoms with E-state index in [1.54, 1.807) is 0 Å². The Morgan fingerprint density at radius 2 is 0.983 bits per heavy atom. The Hall–Kier alpha value is -7.42. The first kappa shape index (κ1) is 33.9. The van der Waals surface area contributed by atoms with Gasteiger partial charge in [-0.25, -0.2) is 0 Å². The van der Waals surface area contributed by atoms with E-state index in [1.165, 1.54) is 72.0 Å². The van der Waals surface area contributed by atoms with E-state index in [0.29, 0.717) is 0 Å². The molecule has 2 heteroatoms. The number of rotatable bonds is 7. The molecule has 0 aliphatic heterocycles. The highest BCUT2D eigenvalue weighted by atomic mass is 15.1. The van der Waals surface area contributed by atoms with Crippen molar-refractivity contribution in [1.82, 2.24) is 4.57 Å². The van der Waals surface area contributed by atoms with E-state index >= 15 is 0 Å². The third-order valence-electron chi connectivity index (χ3n) is 12.1. The Balaban J connectivity index is 1.00. The number of hydrogen-bond acceptors (Lipinski definition) is 1. The quantitative estimate of drug-likeness (QED) is 0.158. The number of nitrogens with zero attached hydrogens (tertiary/aromatic N) is 2. The molecule has 2 aliphatic rings. The molecule has 0 bridgehead atoms. The number of para-hydroxylation sites is 2. The molecule has 0 radical (unpaired) electrons. The van der Waals surface area contributed by atoms with Gasteiger partial charge in [0.05, 0.1) is 16.4 Å². The maximum absolute atomic E-state index is 2.43. The van der Waals surface area contributed by atoms with Gasteiger partial charge in [0.2, 0.25) is 0 Å². The molecular formula is C56H40N2. The van der Waals surface area contributed by atoms with E-state index < -0.39 is 5.41 Å². The third-order valence-corrected chi connectivity index (χ3v) is 12.1. The van der Waals surface area contributed by atoms with Crippen LogP contribution in [0.3, 0.4) is 0 Å². The molecule has 0 amide bonds. The molecule has 0 unspecified atom stereocenters. The van der Waals surface area contributed by atoms with Crippen LogP contribution in [-0.2, 0) is 5.41 Å². The van der Waals surface area contributed by atoms with Crippen LogP contribution in [-0.4, -0.2) is 4.57 Å². The molecule has 9 aromatic rings. The summed E-state index contributed by atoms with van der Waals surface area (Å²) >= 11 is 0. The van der Waals surface area contributed by atoms with Crippen LogP contribution in [0.4, 0.5) is 11.4 Å². The Labute approximate surface area is 339 Å². The maximum Gasteiger partial charge on any atom is 0.0713 e. The van der Waals surface area contributed by atoms with Crippen molar-refractivity contribution >= 4 is 33.2 Å². The van der Waals surface area contributed by atoms with Crippen LogP contribution in [0.2, 0.25) is 0 Å². The van der Waals surface area contributed by atoms with E-state index in [4.69, 9.17) is 0 Å². The molecule has 0 fully saturated rings. The van der Waals surface area contributed by atoms with Gasteiger partial charge >= 0.3 is 0 Å². The van der Waals surface area contributed by atoms with Crippen LogP contribution >= 0.6 is 0 Å². The first-order valence-electron chi connectivity index (χ1n) is 20.2. The summed E-state index contributed by atoms with van der Waals surface area (Å²) in [4.78, 5) is 2.43. The molecule has 8 aromatic carbocycles. The normalized spacial score (nSPS) is 13.9. The average Bonchev–Trinajstić information content (AvgIpc) is 3.63. The van der Waals surface area contributed by atoms with Crippen LogP contribution < -0.4 is 4.90 Å². The van der Waals surface area contributed by atoms with Crippen molar-refractivity contribution in [2.75, 3.05) is 4.90 Å². The van der Waals surface area contributed by atoms with Crippen LogP contribution in [0.25, 0.3) is 49.7 Å². The van der Waals surface area contributed by atoms with Crippen molar-refractivity contribution in [3.05, 3.63) is 259 Å². The fourth-order valence-electron chi connectivity index (χ4n) is 9.60. The SMILES string of the molecule is C1=CC=C(N(c2ccc(-c3ccc(-n4c5ccccc5c5ccccc54)cc3)cc2)c2ccc3c(c2)-c2ccccc2C3(c2ccccc2)c2ccccc2)CC=C1. The molecular weight excluding hydrogens is 701 g/mol. The molecule has 58 heavy (non-hydrogen) atoms. The van der Waals surface area contributed by atoms with Gasteiger partial charge in [0.1, 0.15) is 0 Å². The summed E-state index contributed by atoms with van der Waals surface area (Å²) in [6.45, 7) is 0. The predicted molar refractivity (Wildman–Crippen MR) is 243 cm³/mol. The zero-order chi connectivity index (χ0) is 38.5. The molecule has 11 rings (SSSR count). The largest absolute Gasteiger partial charge is 0.314 e. The summed E-state index contributed by atoms with van der Waals surface area (Å²) < 4.78 is 2.37. The van der Waals surface area contributed by atoms with Gasteiger partial charge in [-0.2, -0.15) is 0 Å². The monoisotopic (exact) mass is 740 g/mol. The number of anilines is 2. The van der Waals surface area contributed by atoms with Gasteiger partial charge in [-0.05, 0) is 99.1 Å². The third kappa shape index (κ3) is 5.33. The molecule has 1 aromatic heterocycles. The molecule has 0 saturated carbocycles. The van der Waals surface area contributed by atoms with Gasteiger partial charge in [-0.3, -0.25) is 0 Å². The van der Waals surface area contributed by atoms with Crippen LogP contribution in [0, 0.1) is 0 Å². The molecule has 1 heterocycles. The maximum atomic E-state index is 2.43. The van der Waals surface area contributed by atoms with E-state index in [0.717, 1.165) is 23.5 Å². The second kappa shape index (κ2) is 14.0. The number of benzene rings is 8. The Kier molecular flexibility index (Phi) is 8.15. The molecule has 2 aliphatic carbocycles. The van der Waals surface area contributed by atoms with Crippen LogP contribution in [0.15, 0.2) is 236 Å². The Bertz CT molecular complexity index is 2960. The molecule has 274 valence electrons. The lowest BCUT2D eigenvalue weighted by atomic mass is 9.68. The van der Waals surface area contributed by atoms with Gasteiger partial charge in [-0.15, -0.1) is 0 Å². The lowest BCUT2D eigenvalue weighted by molar-refractivity contribution is 0.768. The summed E-state index contributed by atoms with van der Waals surface area (Å²) in [7, 11) is 0. The predicted octanol–water partition coefficient (Wildman–Crippen LogP) is 14.4. The highest BCUT2D eigenvalue weighted by Crippen LogP contribution is 2.57. The standard InChI is InChI=1S/C56H40N2/c1-2-10-22-44(21-9-1)57(45-33-29-40(30-34-45)41-31-35-46(36-32-41)58-54-27-15-12-24-49(54)50-25-13-16-28-55(50)58)47-37-38-53-51(39-47)48-23-11-14-26-52(48)56(53,42-17-5-3-6-18-42)43-19-7-4-8-20-43/h1-21,23-39H,22H2. The molecule has 0 saturated heterocycles. The number of aromatic nitrogens is 1. The van der Waals surface area contributed by atoms with Crippen molar-refractivity contribution in [1.29, 1.82) is 0 Å². The minimum atomic E-state index is -0.427. The van der Waals surface area contributed by atoms with Gasteiger partial charge in [0, 0.05) is 40.0 Å². The molecule has 0 spiro atoms. The molecule has 0 N–H and O–H groups in total. The number of hydrogen-bond donors (Lipinski definition) is 0. The summed E-state index contributed by atoms with van der Waals surface area (Å²) in [5.74, 6) is 0. The summed E-state index contributed by atoms with van der Waals surface area (Å²) in [6.07, 6.45) is 11.7. The minimum absolute atomic E-state index is 0.427. The summed E-state index contributed by atoms with van der Waals surface area (Å²) in [5, 5.41) is 2.55. The van der Waals surface area contributed by atoms with Gasteiger partial charge in [0.25, 0.3) is 0 Å². The van der Waals surface area contributed by atoms with Crippen molar-refractivity contribution < 1.29 is 0 Å². The van der Waals surface area contributed by atoms with E-state index in [-0.39, 0.29) is 0 Å². The zero-order valence-corrected chi connectivity index (χ0v) is 32.0. The summed E-state index contributed by atoms with van der Waals surface area (Å²) in [6, 6.07) is 73.6. The first-order chi connectivity index (χ1) is 28.8. The van der Waals surface area contributed by atoms with E-state index in [1.807, 2.05) is 0 Å². The fraction of sp³-hybridized carbons (Fsp3) is 0.0357. The highest BCUT2D eigenvalue weighted by molar-refractivity contribution is 6.09. The van der Waals surface area contributed by atoms with Crippen molar-refractivity contribution in [2.45, 2.75) is 11.8 Å². The average molecular weight is 741 g/mol. The zero-order valence-electron chi connectivity index (χ0n) is 32.0. The Morgan fingerprint density at radius 1 is 0.431 bits per heavy atom. The van der Waals surface area contributed by atoms with Crippen molar-refractivity contribution in [2.24, 2.45) is 0 Å². The summed E-state index contributed by atoms with van der Waals surface area (Å²) in [5.41, 5.74) is 16.8. The smallest absolute Gasteiger partial charge is 0.0713 e. The molecule has 2 nitrogen and oxygen atoms in total. The van der Waals surface area contributed by atoms with Crippen LogP contribution in [0.1, 0.15) is 28.7 Å². The molecule has 0 atom stereocenters. The Morgan fingerprint density at radius 3 is 1.66 bits per heavy atom. The van der Waals surface area contributed by atoms with Crippen molar-refractivity contribution in [3.63, 3.8) is 0 Å². The van der Waals surface area contributed by atoms with Crippen molar-refractivity contribution in [3.8, 4) is 27.9 Å². The highest BCUT2D eigenvalue weighted by Gasteiger charge is 2.46. The second-order valence-corrected chi connectivity index (χ2v) is 15.2. The number of fused-ring (bicyclic) bond motifs is 6. The topological polar surface area (TPSA) is 8.17 Å². The van der Waals surface area contributed by atoms with E-state index in [2.05, 4.69) is 240 Å². The minimum Gasteiger partial charge on any atom is -0.314 e.